The monoisotopic (exact) mass is 472 g/mol. The van der Waals surface area contributed by atoms with Crippen LogP contribution in [-0.4, -0.2) is 23.3 Å². The number of halogens is 1. The Morgan fingerprint density at radius 3 is 2.43 bits per heavy atom. The first kappa shape index (κ1) is 24.6. The first-order valence-corrected chi connectivity index (χ1v) is 12.2. The molecule has 1 heterocycles. The van der Waals surface area contributed by atoms with E-state index in [0.717, 1.165) is 16.8 Å². The zero-order valence-corrected chi connectivity index (χ0v) is 20.8. The number of carbonyl (C=O) groups excluding carboxylic acids is 2. The Bertz CT molecular complexity index is 1230. The summed E-state index contributed by atoms with van der Waals surface area (Å²) in [6, 6.07) is 21.0. The van der Waals surface area contributed by atoms with Crippen molar-refractivity contribution in [2.24, 2.45) is 5.92 Å². The Kier molecular flexibility index (Phi) is 7.06. The molecule has 1 saturated heterocycles. The van der Waals surface area contributed by atoms with Crippen molar-refractivity contribution in [2.75, 3.05) is 11.9 Å². The lowest BCUT2D eigenvalue weighted by Crippen LogP contribution is -2.46. The van der Waals surface area contributed by atoms with Crippen molar-refractivity contribution < 1.29 is 14.0 Å². The van der Waals surface area contributed by atoms with E-state index in [9.17, 15) is 14.0 Å². The summed E-state index contributed by atoms with van der Waals surface area (Å²) in [5.41, 5.74) is 3.91. The molecule has 2 amide bonds. The van der Waals surface area contributed by atoms with Crippen molar-refractivity contribution in [3.63, 3.8) is 0 Å². The molecule has 1 aliphatic rings. The van der Waals surface area contributed by atoms with Crippen molar-refractivity contribution in [3.8, 4) is 0 Å². The number of piperidine rings is 1. The molecule has 35 heavy (non-hydrogen) atoms. The van der Waals surface area contributed by atoms with Gasteiger partial charge in [0.2, 0.25) is 5.91 Å². The van der Waals surface area contributed by atoms with Crippen LogP contribution in [0.15, 0.2) is 72.8 Å². The molecular formula is C30H33FN2O2. The summed E-state index contributed by atoms with van der Waals surface area (Å²) in [4.78, 5) is 29.0. The van der Waals surface area contributed by atoms with E-state index >= 15 is 0 Å². The molecule has 1 aliphatic heterocycles. The van der Waals surface area contributed by atoms with Gasteiger partial charge < -0.3 is 10.2 Å². The lowest BCUT2D eigenvalue weighted by Gasteiger charge is -2.41. The number of aryl methyl sites for hydroxylation is 1. The number of rotatable bonds is 4. The summed E-state index contributed by atoms with van der Waals surface area (Å²) >= 11 is 0. The molecule has 1 N–H and O–H groups in total. The molecule has 4 rings (SSSR count). The summed E-state index contributed by atoms with van der Waals surface area (Å²) in [7, 11) is 0. The highest BCUT2D eigenvalue weighted by atomic mass is 19.1. The van der Waals surface area contributed by atoms with Gasteiger partial charge in [-0.2, -0.15) is 0 Å². The van der Waals surface area contributed by atoms with Crippen LogP contribution in [0.5, 0.6) is 0 Å². The molecule has 0 saturated carbocycles. The number of carbonyl (C=O) groups is 2. The van der Waals surface area contributed by atoms with E-state index in [2.05, 4.69) is 32.2 Å². The SMILES string of the molecule is Cc1ccccc1C(=O)N1CCC[C@H](C(=O)Nc2cccc(C(C)(C)C)c2)[C@@H]1c1cccc(F)c1. The fraction of sp³-hybridized carbons (Fsp3) is 0.333. The molecule has 0 bridgehead atoms. The number of nitrogens with one attached hydrogen (secondary N) is 1. The van der Waals surface area contributed by atoms with Crippen LogP contribution in [0.1, 0.15) is 66.7 Å². The number of likely N-dealkylation sites (tertiary alicyclic amines) is 1. The second-order valence-electron chi connectivity index (χ2n) is 10.4. The van der Waals surface area contributed by atoms with Crippen molar-refractivity contribution >= 4 is 17.5 Å². The molecule has 0 aliphatic carbocycles. The Morgan fingerprint density at radius 2 is 1.71 bits per heavy atom. The third-order valence-electron chi connectivity index (χ3n) is 6.79. The first-order chi connectivity index (χ1) is 16.6. The number of hydrogen-bond donors (Lipinski definition) is 1. The molecule has 5 heteroatoms. The average molecular weight is 473 g/mol. The third-order valence-corrected chi connectivity index (χ3v) is 6.79. The number of benzene rings is 3. The van der Waals surface area contributed by atoms with Crippen LogP contribution in [-0.2, 0) is 10.2 Å². The highest BCUT2D eigenvalue weighted by Crippen LogP contribution is 2.38. The van der Waals surface area contributed by atoms with Gasteiger partial charge in [0.1, 0.15) is 5.82 Å². The Hall–Kier alpha value is -3.47. The summed E-state index contributed by atoms with van der Waals surface area (Å²) in [6.45, 7) is 8.80. The minimum absolute atomic E-state index is 0.0492. The first-order valence-electron chi connectivity index (χ1n) is 12.2. The van der Waals surface area contributed by atoms with Gasteiger partial charge in [-0.05, 0) is 72.2 Å². The molecule has 3 aromatic carbocycles. The van der Waals surface area contributed by atoms with Crippen LogP contribution in [0.3, 0.4) is 0 Å². The van der Waals surface area contributed by atoms with E-state index in [0.29, 0.717) is 30.5 Å². The van der Waals surface area contributed by atoms with Crippen molar-refractivity contribution in [1.82, 2.24) is 4.90 Å². The molecule has 182 valence electrons. The minimum Gasteiger partial charge on any atom is -0.331 e. The Morgan fingerprint density at radius 1 is 0.971 bits per heavy atom. The average Bonchev–Trinajstić information content (AvgIpc) is 2.83. The van der Waals surface area contributed by atoms with Gasteiger partial charge in [0.15, 0.2) is 0 Å². The maximum Gasteiger partial charge on any atom is 0.254 e. The molecule has 0 radical (unpaired) electrons. The summed E-state index contributed by atoms with van der Waals surface area (Å²) in [6.07, 6.45) is 1.31. The van der Waals surface area contributed by atoms with E-state index in [4.69, 9.17) is 0 Å². The van der Waals surface area contributed by atoms with E-state index in [-0.39, 0.29) is 23.0 Å². The van der Waals surface area contributed by atoms with Crippen LogP contribution < -0.4 is 5.32 Å². The van der Waals surface area contributed by atoms with Crippen LogP contribution >= 0.6 is 0 Å². The molecule has 2 atom stereocenters. The second kappa shape index (κ2) is 10.0. The van der Waals surface area contributed by atoms with Gasteiger partial charge in [0.05, 0.1) is 12.0 Å². The fourth-order valence-corrected chi connectivity index (χ4v) is 4.87. The number of nitrogens with zero attached hydrogens (tertiary/aromatic N) is 1. The third kappa shape index (κ3) is 5.45. The van der Waals surface area contributed by atoms with Crippen LogP contribution in [0.4, 0.5) is 10.1 Å². The fourth-order valence-electron chi connectivity index (χ4n) is 4.87. The largest absolute Gasteiger partial charge is 0.331 e. The van der Waals surface area contributed by atoms with Crippen LogP contribution in [0.2, 0.25) is 0 Å². The molecular weight excluding hydrogens is 439 g/mol. The second-order valence-corrected chi connectivity index (χ2v) is 10.4. The lowest BCUT2D eigenvalue weighted by molar-refractivity contribution is -0.123. The van der Waals surface area contributed by atoms with Crippen LogP contribution in [0, 0.1) is 18.7 Å². The maximum atomic E-state index is 14.3. The van der Waals surface area contributed by atoms with E-state index in [1.54, 1.807) is 17.0 Å². The highest BCUT2D eigenvalue weighted by molar-refractivity contribution is 5.98. The normalized spacial score (nSPS) is 18.3. The van der Waals surface area contributed by atoms with Crippen molar-refractivity contribution in [1.29, 1.82) is 0 Å². The summed E-state index contributed by atoms with van der Waals surface area (Å²) in [5, 5.41) is 3.08. The van der Waals surface area contributed by atoms with E-state index in [1.165, 1.54) is 12.1 Å². The molecule has 0 aromatic heterocycles. The van der Waals surface area contributed by atoms with Gasteiger partial charge in [0.25, 0.3) is 5.91 Å². The minimum atomic E-state index is -0.558. The summed E-state index contributed by atoms with van der Waals surface area (Å²) in [5.74, 6) is -1.18. The number of hydrogen-bond acceptors (Lipinski definition) is 2. The molecule has 0 unspecified atom stereocenters. The quantitative estimate of drug-likeness (QED) is 0.461. The Labute approximate surface area is 207 Å². The van der Waals surface area contributed by atoms with E-state index in [1.807, 2.05) is 49.4 Å². The van der Waals surface area contributed by atoms with Gasteiger partial charge in [-0.1, -0.05) is 63.2 Å². The molecule has 3 aromatic rings. The molecule has 0 spiro atoms. The maximum absolute atomic E-state index is 14.3. The van der Waals surface area contributed by atoms with E-state index < -0.39 is 12.0 Å². The topological polar surface area (TPSA) is 49.4 Å². The van der Waals surface area contributed by atoms with Crippen molar-refractivity contribution in [3.05, 3.63) is 101 Å². The van der Waals surface area contributed by atoms with Crippen LogP contribution in [0.25, 0.3) is 0 Å². The zero-order chi connectivity index (χ0) is 25.2. The zero-order valence-electron chi connectivity index (χ0n) is 20.8. The van der Waals surface area contributed by atoms with Crippen molar-refractivity contribution in [2.45, 2.75) is 52.0 Å². The smallest absolute Gasteiger partial charge is 0.254 e. The molecule has 1 fully saturated rings. The van der Waals surface area contributed by atoms with Gasteiger partial charge in [0, 0.05) is 17.8 Å². The number of anilines is 1. The lowest BCUT2D eigenvalue weighted by atomic mass is 9.83. The van der Waals surface area contributed by atoms with Gasteiger partial charge >= 0.3 is 0 Å². The summed E-state index contributed by atoms with van der Waals surface area (Å²) < 4.78 is 14.3. The predicted molar refractivity (Wildman–Crippen MR) is 138 cm³/mol. The standard InChI is InChI=1S/C30H33FN2O2/c1-20-10-5-6-15-25(20)29(35)33-17-9-16-26(27(33)21-11-7-13-23(31)18-21)28(34)32-24-14-8-12-22(19-24)30(2,3)4/h5-8,10-15,18-19,26-27H,9,16-17H2,1-4H3,(H,32,34)/t26-,27-/m0/s1. The Balaban J connectivity index is 1.69. The molecule has 4 nitrogen and oxygen atoms in total. The number of amides is 2. The van der Waals surface area contributed by atoms with Gasteiger partial charge in [-0.25, -0.2) is 4.39 Å². The van der Waals surface area contributed by atoms with Gasteiger partial charge in [-0.15, -0.1) is 0 Å². The predicted octanol–water partition coefficient (Wildman–Crippen LogP) is 6.66. The van der Waals surface area contributed by atoms with Gasteiger partial charge in [-0.3, -0.25) is 9.59 Å². The highest BCUT2D eigenvalue weighted by Gasteiger charge is 2.40.